The molecule has 0 radical (unpaired) electrons. The van der Waals surface area contributed by atoms with Gasteiger partial charge in [0.2, 0.25) is 15.7 Å². The summed E-state index contributed by atoms with van der Waals surface area (Å²) in [6.07, 6.45) is 2.18. The number of methoxy groups -OCH3 is 1. The second kappa shape index (κ2) is 9.34. The van der Waals surface area contributed by atoms with Crippen LogP contribution in [0.25, 0.3) is 0 Å². The number of hydrogen-bond acceptors (Lipinski definition) is 6. The summed E-state index contributed by atoms with van der Waals surface area (Å²) in [5, 5.41) is 4.42. The first kappa shape index (κ1) is 22.4. The highest BCUT2D eigenvalue weighted by atomic mass is 32.2. The van der Waals surface area contributed by atoms with Crippen LogP contribution in [0, 0.1) is 0 Å². The molecule has 1 aliphatic heterocycles. The fourth-order valence-electron chi connectivity index (χ4n) is 3.75. The summed E-state index contributed by atoms with van der Waals surface area (Å²) in [5.74, 6) is 0.779. The van der Waals surface area contributed by atoms with Crippen LogP contribution in [-0.2, 0) is 14.6 Å². The van der Waals surface area contributed by atoms with Crippen molar-refractivity contribution in [3.8, 4) is 11.5 Å². The highest BCUT2D eigenvalue weighted by Gasteiger charge is 2.34. The molecule has 2 aromatic carbocycles. The van der Waals surface area contributed by atoms with Gasteiger partial charge in [-0.25, -0.2) is 8.42 Å². The van der Waals surface area contributed by atoms with Crippen molar-refractivity contribution >= 4 is 32.8 Å². The normalized spacial score (nSPS) is 15.7. The van der Waals surface area contributed by atoms with Gasteiger partial charge < -0.3 is 14.8 Å². The van der Waals surface area contributed by atoms with Crippen molar-refractivity contribution in [2.75, 3.05) is 19.0 Å². The van der Waals surface area contributed by atoms with E-state index in [4.69, 9.17) is 9.47 Å². The number of carbonyl (C=O) groups is 1. The van der Waals surface area contributed by atoms with Gasteiger partial charge in [0.25, 0.3) is 0 Å². The molecule has 3 aromatic rings. The van der Waals surface area contributed by atoms with Crippen molar-refractivity contribution in [1.82, 2.24) is 0 Å². The van der Waals surface area contributed by atoms with Gasteiger partial charge in [-0.3, -0.25) is 4.79 Å². The molecular weight excluding hydrogens is 446 g/mol. The summed E-state index contributed by atoms with van der Waals surface area (Å²) in [5.41, 5.74) is 1.27. The maximum absolute atomic E-state index is 13.2. The van der Waals surface area contributed by atoms with Crippen LogP contribution in [0.5, 0.6) is 11.5 Å². The van der Waals surface area contributed by atoms with Crippen LogP contribution in [0.4, 0.5) is 5.69 Å². The lowest BCUT2D eigenvalue weighted by Gasteiger charge is -2.24. The van der Waals surface area contributed by atoms with Gasteiger partial charge in [0, 0.05) is 22.6 Å². The molecule has 0 aliphatic carbocycles. The largest absolute Gasteiger partial charge is 0.493 e. The Balaban J connectivity index is 1.74. The summed E-state index contributed by atoms with van der Waals surface area (Å²) < 4.78 is 37.8. The second-order valence-electron chi connectivity index (χ2n) is 7.57. The molecule has 1 N–H and O–H groups in total. The van der Waals surface area contributed by atoms with Crippen molar-refractivity contribution in [3.63, 3.8) is 0 Å². The van der Waals surface area contributed by atoms with Crippen LogP contribution < -0.4 is 14.8 Å². The Morgan fingerprint density at radius 3 is 2.62 bits per heavy atom. The third kappa shape index (κ3) is 4.25. The Hall–Kier alpha value is -2.84. The Morgan fingerprint density at radius 1 is 1.12 bits per heavy atom. The van der Waals surface area contributed by atoms with Gasteiger partial charge in [0.15, 0.2) is 11.5 Å². The number of nitrogens with one attached hydrogen (secondary N) is 1. The molecule has 168 valence electrons. The number of amides is 1. The molecule has 1 unspecified atom stereocenters. The molecule has 0 bridgehead atoms. The molecule has 32 heavy (non-hydrogen) atoms. The first-order chi connectivity index (χ1) is 15.5. The zero-order valence-electron chi connectivity index (χ0n) is 18.0. The van der Waals surface area contributed by atoms with Gasteiger partial charge in [-0.1, -0.05) is 37.6 Å². The Morgan fingerprint density at radius 2 is 1.91 bits per heavy atom. The van der Waals surface area contributed by atoms with Crippen LogP contribution in [0.15, 0.2) is 63.7 Å². The molecule has 0 spiro atoms. The minimum absolute atomic E-state index is 0.134. The van der Waals surface area contributed by atoms with E-state index in [0.29, 0.717) is 23.8 Å². The predicted octanol–water partition coefficient (Wildman–Crippen LogP) is 5.24. The van der Waals surface area contributed by atoms with E-state index < -0.39 is 9.84 Å². The Bertz CT molecular complexity index is 1220. The minimum Gasteiger partial charge on any atom is -0.493 e. The number of thiophene rings is 1. The molecule has 2 heterocycles. The highest BCUT2D eigenvalue weighted by molar-refractivity contribution is 7.91. The quantitative estimate of drug-likeness (QED) is 0.454. The van der Waals surface area contributed by atoms with Gasteiger partial charge in [0.1, 0.15) is 4.90 Å². The van der Waals surface area contributed by atoms with Crippen molar-refractivity contribution in [2.45, 2.75) is 41.9 Å². The average molecular weight is 472 g/mol. The van der Waals surface area contributed by atoms with E-state index in [-0.39, 0.29) is 28.0 Å². The second-order valence-corrected chi connectivity index (χ2v) is 10.4. The van der Waals surface area contributed by atoms with Crippen LogP contribution in [0.3, 0.4) is 0 Å². The molecule has 4 rings (SSSR count). The number of ether oxygens (including phenoxy) is 2. The molecule has 6 nitrogen and oxygen atoms in total. The number of unbranched alkanes of at least 4 members (excludes halogenated alkanes) is 1. The number of carbonyl (C=O) groups excluding carboxylic acids is 1. The Kier molecular flexibility index (Phi) is 6.53. The van der Waals surface area contributed by atoms with Gasteiger partial charge in [-0.15, -0.1) is 11.3 Å². The van der Waals surface area contributed by atoms with Crippen LogP contribution in [0.1, 0.15) is 42.5 Å². The van der Waals surface area contributed by atoms with Crippen LogP contribution in [0.2, 0.25) is 0 Å². The van der Waals surface area contributed by atoms with E-state index in [2.05, 4.69) is 12.2 Å². The molecule has 0 fully saturated rings. The van der Waals surface area contributed by atoms with Crippen LogP contribution >= 0.6 is 11.3 Å². The van der Waals surface area contributed by atoms with E-state index in [0.717, 1.165) is 23.3 Å². The van der Waals surface area contributed by atoms with E-state index >= 15 is 0 Å². The number of anilines is 1. The molecule has 0 saturated carbocycles. The van der Waals surface area contributed by atoms with Gasteiger partial charge in [0.05, 0.1) is 24.3 Å². The Labute approximate surface area is 192 Å². The monoisotopic (exact) mass is 471 g/mol. The van der Waals surface area contributed by atoms with Crippen molar-refractivity contribution in [2.24, 2.45) is 0 Å². The van der Waals surface area contributed by atoms with E-state index in [1.54, 1.807) is 42.8 Å². The van der Waals surface area contributed by atoms with Crippen molar-refractivity contribution in [1.29, 1.82) is 0 Å². The molecule has 0 saturated heterocycles. The third-order valence-corrected chi connectivity index (χ3v) is 8.48. The van der Waals surface area contributed by atoms with Gasteiger partial charge >= 0.3 is 0 Å². The SMILES string of the molecule is CCCCOc1cc(C2CC(=O)Nc3c(S(=O)(=O)c4ccccc4)csc32)ccc1OC. The molecule has 1 aliphatic rings. The number of hydrogen-bond donors (Lipinski definition) is 1. The lowest BCUT2D eigenvalue weighted by atomic mass is 9.90. The highest BCUT2D eigenvalue weighted by Crippen LogP contribution is 2.47. The predicted molar refractivity (Wildman–Crippen MR) is 125 cm³/mol. The summed E-state index contributed by atoms with van der Waals surface area (Å²) >= 11 is 1.35. The minimum atomic E-state index is -3.75. The zero-order chi connectivity index (χ0) is 22.7. The number of sulfone groups is 1. The summed E-state index contributed by atoms with van der Waals surface area (Å²) in [6, 6.07) is 13.9. The first-order valence-corrected chi connectivity index (χ1v) is 12.8. The number of benzene rings is 2. The molecule has 1 amide bonds. The van der Waals surface area contributed by atoms with Gasteiger partial charge in [-0.2, -0.15) is 0 Å². The molecule has 1 atom stereocenters. The fraction of sp³-hybridized carbons (Fsp3) is 0.292. The maximum atomic E-state index is 13.2. The third-order valence-electron chi connectivity index (χ3n) is 5.44. The summed E-state index contributed by atoms with van der Waals surface area (Å²) in [6.45, 7) is 2.67. The summed E-state index contributed by atoms with van der Waals surface area (Å²) in [7, 11) is -2.16. The number of rotatable bonds is 8. The first-order valence-electron chi connectivity index (χ1n) is 10.5. The maximum Gasteiger partial charge on any atom is 0.225 e. The fourth-order valence-corrected chi connectivity index (χ4v) is 6.68. The van der Waals surface area contributed by atoms with Crippen molar-refractivity contribution in [3.05, 3.63) is 64.4 Å². The molecule has 1 aromatic heterocycles. The summed E-state index contributed by atoms with van der Waals surface area (Å²) in [4.78, 5) is 13.7. The van der Waals surface area contributed by atoms with Crippen LogP contribution in [-0.4, -0.2) is 28.0 Å². The average Bonchev–Trinajstić information content (AvgIpc) is 3.24. The van der Waals surface area contributed by atoms with Crippen molar-refractivity contribution < 1.29 is 22.7 Å². The van der Waals surface area contributed by atoms with E-state index in [1.807, 2.05) is 18.2 Å². The topological polar surface area (TPSA) is 81.7 Å². The molecular formula is C24H25NO5S2. The molecule has 8 heteroatoms. The van der Waals surface area contributed by atoms with E-state index in [9.17, 15) is 13.2 Å². The smallest absolute Gasteiger partial charge is 0.225 e. The van der Waals surface area contributed by atoms with E-state index in [1.165, 1.54) is 11.3 Å². The lowest BCUT2D eigenvalue weighted by molar-refractivity contribution is -0.116. The zero-order valence-corrected chi connectivity index (χ0v) is 19.6. The lowest BCUT2D eigenvalue weighted by Crippen LogP contribution is -2.23. The standard InChI is InChI=1S/C24H25NO5S2/c1-3-4-12-30-20-13-16(10-11-19(20)29-2)18-14-22(26)25-23-21(15-31-24(18)23)32(27,28)17-8-6-5-7-9-17/h5-11,13,15,18H,3-4,12,14H2,1-2H3,(H,25,26). The van der Waals surface area contributed by atoms with Gasteiger partial charge in [-0.05, 0) is 36.2 Å². The number of fused-ring (bicyclic) bond motifs is 1.